The molecule has 7 nitrogen and oxygen atoms in total. The van der Waals surface area contributed by atoms with Crippen molar-refractivity contribution in [3.63, 3.8) is 0 Å². The molecule has 2 aliphatic rings. The molecule has 5 rings (SSSR count). The van der Waals surface area contributed by atoms with Crippen molar-refractivity contribution in [1.29, 1.82) is 5.26 Å². The molecule has 2 aliphatic carbocycles. The lowest BCUT2D eigenvalue weighted by molar-refractivity contribution is -0.129. The Hall–Kier alpha value is -3.15. The van der Waals surface area contributed by atoms with Crippen molar-refractivity contribution in [1.82, 2.24) is 10.6 Å². The Bertz CT molecular complexity index is 1410. The summed E-state index contributed by atoms with van der Waals surface area (Å²) in [5, 5.41) is 16.0. The van der Waals surface area contributed by atoms with Crippen molar-refractivity contribution in [3.05, 3.63) is 53.2 Å². The summed E-state index contributed by atoms with van der Waals surface area (Å²) < 4.78 is 17.6. The number of nitrogens with one attached hydrogen (secondary N) is 2. The Morgan fingerprint density at radius 2 is 1.67 bits per heavy atom. The molecule has 0 aliphatic heterocycles. The number of nitrogens with zero attached hydrogens (tertiary/aromatic N) is 1. The number of rotatable bonds is 6. The van der Waals surface area contributed by atoms with Crippen molar-refractivity contribution >= 4 is 45.2 Å². The quantitative estimate of drug-likeness (QED) is 0.467. The van der Waals surface area contributed by atoms with Gasteiger partial charge in [-0.25, -0.2) is 0 Å². The summed E-state index contributed by atoms with van der Waals surface area (Å²) in [7, 11) is -1.06. The van der Waals surface area contributed by atoms with Crippen LogP contribution in [0.4, 0.5) is 0 Å². The molecule has 0 bridgehead atoms. The molecule has 2 N–H and O–H groups in total. The van der Waals surface area contributed by atoms with Gasteiger partial charge in [0, 0.05) is 27.3 Å². The number of carbonyl (C=O) groups excluding carboxylic acids is 2. The van der Waals surface area contributed by atoms with Crippen LogP contribution in [0.25, 0.3) is 22.1 Å². The average Bonchev–Trinajstić information content (AvgIpc) is 3.59. The summed E-state index contributed by atoms with van der Waals surface area (Å²) in [5.74, 6) is -0.910. The minimum atomic E-state index is -1.10. The second kappa shape index (κ2) is 9.38. The van der Waals surface area contributed by atoms with Crippen LogP contribution < -0.4 is 10.6 Å². The Morgan fingerprint density at radius 3 is 2.28 bits per heavy atom. The van der Waals surface area contributed by atoms with E-state index in [1.807, 2.05) is 36.4 Å². The summed E-state index contributed by atoms with van der Waals surface area (Å²) in [6.45, 7) is 0. The van der Waals surface area contributed by atoms with E-state index in [1.54, 1.807) is 12.3 Å². The van der Waals surface area contributed by atoms with Gasteiger partial charge in [-0.2, -0.15) is 5.26 Å². The summed E-state index contributed by atoms with van der Waals surface area (Å²) in [4.78, 5) is 27.4. The van der Waals surface area contributed by atoms with Crippen molar-refractivity contribution < 1.29 is 18.2 Å². The number of carbonyl (C=O) groups is 2. The third-order valence-corrected chi connectivity index (χ3v) is 8.48. The maximum absolute atomic E-state index is 13.4. The Kier molecular flexibility index (Phi) is 6.39. The molecule has 1 heterocycles. The maximum atomic E-state index is 13.4. The van der Waals surface area contributed by atoms with E-state index < -0.39 is 27.8 Å². The van der Waals surface area contributed by atoms with Crippen LogP contribution in [0.15, 0.2) is 51.8 Å². The highest BCUT2D eigenvalue weighted by Crippen LogP contribution is 2.38. The van der Waals surface area contributed by atoms with E-state index in [0.29, 0.717) is 36.7 Å². The second-order valence-electron chi connectivity index (χ2n) is 9.68. The molecular formula is C27H26ClN3O4S. The Morgan fingerprint density at radius 1 is 1.00 bits per heavy atom. The second-order valence-corrected chi connectivity index (χ2v) is 11.4. The number of fused-ring (bicyclic) bond motifs is 1. The SMILES string of the molecule is CS(=O)c1ccc(-c2ccc3c(Cl)c(C(=O)NC4(C(=O)NC5(C#N)CC5)CCCCC4)oc3c2)cc1. The van der Waals surface area contributed by atoms with Gasteiger partial charge in [0.05, 0.1) is 11.1 Å². The predicted molar refractivity (Wildman–Crippen MR) is 138 cm³/mol. The van der Waals surface area contributed by atoms with Gasteiger partial charge in [-0.1, -0.05) is 49.1 Å². The molecule has 1 aromatic heterocycles. The van der Waals surface area contributed by atoms with Crippen LogP contribution in [0.1, 0.15) is 55.5 Å². The molecule has 0 radical (unpaired) electrons. The van der Waals surface area contributed by atoms with Gasteiger partial charge in [-0.15, -0.1) is 0 Å². The maximum Gasteiger partial charge on any atom is 0.289 e. The van der Waals surface area contributed by atoms with Gasteiger partial charge in [0.2, 0.25) is 11.7 Å². The predicted octanol–water partition coefficient (Wildman–Crippen LogP) is 5.10. The van der Waals surface area contributed by atoms with Crippen LogP contribution in [0.2, 0.25) is 5.02 Å². The third-order valence-electron chi connectivity index (χ3n) is 7.17. The van der Waals surface area contributed by atoms with Crippen molar-refractivity contribution in [2.75, 3.05) is 6.26 Å². The first-order valence-corrected chi connectivity index (χ1v) is 13.9. The zero-order chi connectivity index (χ0) is 25.5. The molecule has 0 spiro atoms. The smallest absolute Gasteiger partial charge is 0.289 e. The molecule has 36 heavy (non-hydrogen) atoms. The molecule has 1 atom stereocenters. The van der Waals surface area contributed by atoms with E-state index in [1.165, 1.54) is 0 Å². The van der Waals surface area contributed by atoms with Crippen molar-refractivity contribution in [2.24, 2.45) is 0 Å². The summed E-state index contributed by atoms with van der Waals surface area (Å²) in [6.07, 6.45) is 6.44. The number of hydrogen-bond donors (Lipinski definition) is 2. The van der Waals surface area contributed by atoms with Crippen LogP contribution in [0.5, 0.6) is 0 Å². The molecular weight excluding hydrogens is 498 g/mol. The molecule has 1 unspecified atom stereocenters. The lowest BCUT2D eigenvalue weighted by atomic mass is 9.80. The minimum absolute atomic E-state index is 0.0419. The lowest BCUT2D eigenvalue weighted by Crippen LogP contribution is -2.61. The first-order chi connectivity index (χ1) is 17.3. The fourth-order valence-electron chi connectivity index (χ4n) is 4.79. The average molecular weight is 524 g/mol. The topological polar surface area (TPSA) is 112 Å². The molecule has 9 heteroatoms. The number of halogens is 1. The monoisotopic (exact) mass is 523 g/mol. The Balaban J connectivity index is 1.42. The molecule has 2 aromatic carbocycles. The van der Waals surface area contributed by atoms with Crippen LogP contribution in [-0.4, -0.2) is 33.4 Å². The fourth-order valence-corrected chi connectivity index (χ4v) is 5.59. The van der Waals surface area contributed by atoms with E-state index in [9.17, 15) is 19.1 Å². The van der Waals surface area contributed by atoms with E-state index >= 15 is 0 Å². The van der Waals surface area contributed by atoms with E-state index in [2.05, 4.69) is 16.7 Å². The van der Waals surface area contributed by atoms with Gasteiger partial charge in [-0.3, -0.25) is 13.8 Å². The largest absolute Gasteiger partial charge is 0.449 e. The number of furan rings is 1. The van der Waals surface area contributed by atoms with Crippen molar-refractivity contribution in [2.45, 2.75) is 60.9 Å². The van der Waals surface area contributed by atoms with Gasteiger partial charge >= 0.3 is 0 Å². The highest BCUT2D eigenvalue weighted by molar-refractivity contribution is 7.84. The first kappa shape index (κ1) is 24.5. The van der Waals surface area contributed by atoms with Crippen LogP contribution >= 0.6 is 11.6 Å². The van der Waals surface area contributed by atoms with Gasteiger partial charge in [-0.05, 0) is 61.1 Å². The molecule has 0 saturated heterocycles. The van der Waals surface area contributed by atoms with E-state index in [-0.39, 0.29) is 16.7 Å². The number of benzene rings is 2. The zero-order valence-electron chi connectivity index (χ0n) is 19.9. The third kappa shape index (κ3) is 4.54. The van der Waals surface area contributed by atoms with Crippen molar-refractivity contribution in [3.8, 4) is 17.2 Å². The highest BCUT2D eigenvalue weighted by atomic mass is 35.5. The highest BCUT2D eigenvalue weighted by Gasteiger charge is 2.50. The van der Waals surface area contributed by atoms with Crippen LogP contribution in [-0.2, 0) is 15.6 Å². The normalized spacial score (nSPS) is 18.7. The molecule has 2 saturated carbocycles. The van der Waals surface area contributed by atoms with Crippen LogP contribution in [0, 0.1) is 11.3 Å². The molecule has 3 aromatic rings. The van der Waals surface area contributed by atoms with E-state index in [4.69, 9.17) is 16.0 Å². The minimum Gasteiger partial charge on any atom is -0.449 e. The van der Waals surface area contributed by atoms with Gasteiger partial charge in [0.1, 0.15) is 16.7 Å². The molecule has 186 valence electrons. The molecule has 2 fully saturated rings. The summed E-state index contributed by atoms with van der Waals surface area (Å²) in [5.41, 5.74) is 0.311. The summed E-state index contributed by atoms with van der Waals surface area (Å²) in [6, 6.07) is 15.1. The Labute approximate surface area is 216 Å². The number of hydrogen-bond acceptors (Lipinski definition) is 5. The zero-order valence-corrected chi connectivity index (χ0v) is 21.4. The lowest BCUT2D eigenvalue weighted by Gasteiger charge is -2.37. The van der Waals surface area contributed by atoms with Gasteiger partial charge in [0.15, 0.2) is 0 Å². The van der Waals surface area contributed by atoms with E-state index in [0.717, 1.165) is 35.3 Å². The summed E-state index contributed by atoms with van der Waals surface area (Å²) >= 11 is 6.56. The molecule has 2 amide bonds. The fraction of sp³-hybridized carbons (Fsp3) is 0.370. The van der Waals surface area contributed by atoms with Gasteiger partial charge < -0.3 is 15.1 Å². The number of nitriles is 1. The first-order valence-electron chi connectivity index (χ1n) is 12.0. The van der Waals surface area contributed by atoms with Crippen LogP contribution in [0.3, 0.4) is 0 Å². The number of amides is 2. The standard InChI is InChI=1S/C27H26ClN3O4S/c1-36(34)19-8-5-17(6-9-19)18-7-10-20-21(15-18)35-23(22(20)28)24(32)30-27(11-3-2-4-12-27)25(33)31-26(16-29)13-14-26/h5-10,15H,2-4,11-14H2,1H3,(H,30,32)(H,31,33). The van der Waals surface area contributed by atoms with Gasteiger partial charge in [0.25, 0.3) is 5.91 Å².